The third-order valence-electron chi connectivity index (χ3n) is 2.75. The number of nitrogens with one attached hydrogen (secondary N) is 1. The zero-order chi connectivity index (χ0) is 16.2. The van der Waals surface area contributed by atoms with Crippen molar-refractivity contribution in [3.05, 3.63) is 35.1 Å². The molecule has 0 aromatic heterocycles. The Hall–Kier alpha value is -1.11. The number of alkyl halides is 4. The minimum Gasteiger partial charge on any atom is -0.351 e. The van der Waals surface area contributed by atoms with Crippen LogP contribution in [0.2, 0.25) is 0 Å². The first-order valence-corrected chi connectivity index (χ1v) is 7.31. The molecule has 0 aliphatic heterocycles. The molecule has 0 radical (unpaired) electrons. The summed E-state index contributed by atoms with van der Waals surface area (Å²) in [6, 6.07) is 1.78. The highest BCUT2D eigenvalue weighted by Crippen LogP contribution is 2.30. The van der Waals surface area contributed by atoms with Crippen molar-refractivity contribution in [2.45, 2.75) is 31.3 Å². The van der Waals surface area contributed by atoms with E-state index in [4.69, 9.17) is 0 Å². The van der Waals surface area contributed by atoms with Gasteiger partial charge in [-0.05, 0) is 30.5 Å². The Labute approximate surface area is 129 Å². The first-order chi connectivity index (χ1) is 9.61. The third kappa shape index (κ3) is 5.65. The number of hydrogen-bond acceptors (Lipinski definition) is 1. The molecule has 0 fully saturated rings. The number of rotatable bonds is 5. The predicted molar refractivity (Wildman–Crippen MR) is 75.9 cm³/mol. The first-order valence-electron chi connectivity index (χ1n) is 6.40. The topological polar surface area (TPSA) is 29.1 Å². The van der Waals surface area contributed by atoms with E-state index in [2.05, 4.69) is 21.2 Å². The molecule has 1 rings (SSSR count). The Balaban J connectivity index is 2.78. The maximum Gasteiger partial charge on any atom is 0.416 e. The van der Waals surface area contributed by atoms with Crippen LogP contribution in [-0.2, 0) is 6.18 Å². The fourth-order valence-electron chi connectivity index (χ4n) is 1.77. The Morgan fingerprint density at radius 3 is 2.48 bits per heavy atom. The average Bonchev–Trinajstić information content (AvgIpc) is 2.34. The van der Waals surface area contributed by atoms with Gasteiger partial charge in [0, 0.05) is 11.4 Å². The maximum absolute atomic E-state index is 13.5. The van der Waals surface area contributed by atoms with Crippen LogP contribution in [-0.4, -0.2) is 17.3 Å². The Morgan fingerprint density at radius 1 is 1.33 bits per heavy atom. The molecule has 0 saturated heterocycles. The van der Waals surface area contributed by atoms with Gasteiger partial charge in [-0.1, -0.05) is 29.8 Å². The number of carbonyl (C=O) groups is 1. The van der Waals surface area contributed by atoms with Gasteiger partial charge in [0.05, 0.1) is 11.1 Å². The van der Waals surface area contributed by atoms with Crippen molar-refractivity contribution in [3.63, 3.8) is 0 Å². The lowest BCUT2D eigenvalue weighted by atomic mass is 10.1. The molecule has 1 N–H and O–H groups in total. The monoisotopic (exact) mass is 369 g/mol. The van der Waals surface area contributed by atoms with E-state index in [0.29, 0.717) is 24.1 Å². The number of hydrogen-bond donors (Lipinski definition) is 1. The van der Waals surface area contributed by atoms with Crippen molar-refractivity contribution in [2.75, 3.05) is 6.54 Å². The molecule has 0 heterocycles. The molecule has 1 aromatic rings. The average molecular weight is 370 g/mol. The van der Waals surface area contributed by atoms with Crippen molar-refractivity contribution in [2.24, 2.45) is 5.92 Å². The smallest absolute Gasteiger partial charge is 0.351 e. The van der Waals surface area contributed by atoms with Crippen LogP contribution < -0.4 is 5.32 Å². The van der Waals surface area contributed by atoms with E-state index in [1.807, 2.05) is 13.8 Å². The normalized spacial score (nSPS) is 13.3. The molecule has 1 unspecified atom stereocenters. The fourth-order valence-corrected chi connectivity index (χ4v) is 2.68. The zero-order valence-electron chi connectivity index (χ0n) is 11.6. The van der Waals surface area contributed by atoms with E-state index in [1.165, 1.54) is 0 Å². The minimum atomic E-state index is -4.61. The lowest BCUT2D eigenvalue weighted by Crippen LogP contribution is -2.31. The SMILES string of the molecule is CC(C)CC(Br)CNC(=O)c1cc(C(F)(F)F)ccc1F. The van der Waals surface area contributed by atoms with Gasteiger partial charge in [-0.2, -0.15) is 13.2 Å². The molecule has 1 aromatic carbocycles. The highest BCUT2D eigenvalue weighted by molar-refractivity contribution is 9.09. The summed E-state index contributed by atoms with van der Waals surface area (Å²) in [5.74, 6) is -1.43. The molecule has 0 aliphatic rings. The van der Waals surface area contributed by atoms with Crippen LogP contribution >= 0.6 is 15.9 Å². The van der Waals surface area contributed by atoms with Gasteiger partial charge in [0.25, 0.3) is 5.91 Å². The summed E-state index contributed by atoms with van der Waals surface area (Å²) in [5.41, 5.74) is -1.65. The molecular weight excluding hydrogens is 354 g/mol. The highest BCUT2D eigenvalue weighted by Gasteiger charge is 2.31. The van der Waals surface area contributed by atoms with Gasteiger partial charge in [0.2, 0.25) is 0 Å². The molecule has 0 bridgehead atoms. The van der Waals surface area contributed by atoms with Crippen molar-refractivity contribution >= 4 is 21.8 Å². The van der Waals surface area contributed by atoms with Gasteiger partial charge in [0.15, 0.2) is 0 Å². The van der Waals surface area contributed by atoms with E-state index in [1.54, 1.807) is 0 Å². The van der Waals surface area contributed by atoms with Crippen LogP contribution in [0, 0.1) is 11.7 Å². The largest absolute Gasteiger partial charge is 0.416 e. The van der Waals surface area contributed by atoms with Crippen LogP contribution in [0.25, 0.3) is 0 Å². The molecular formula is C14H16BrF4NO. The van der Waals surface area contributed by atoms with Gasteiger partial charge in [-0.15, -0.1) is 0 Å². The second kappa shape index (κ2) is 7.24. The Kier molecular flexibility index (Phi) is 6.19. The highest BCUT2D eigenvalue weighted by atomic mass is 79.9. The van der Waals surface area contributed by atoms with Crippen LogP contribution in [0.5, 0.6) is 0 Å². The van der Waals surface area contributed by atoms with Gasteiger partial charge in [-0.3, -0.25) is 4.79 Å². The quantitative estimate of drug-likeness (QED) is 0.605. The number of benzene rings is 1. The molecule has 0 saturated carbocycles. The molecule has 2 nitrogen and oxygen atoms in total. The van der Waals surface area contributed by atoms with Gasteiger partial charge in [0.1, 0.15) is 5.82 Å². The summed E-state index contributed by atoms with van der Waals surface area (Å²) < 4.78 is 51.2. The van der Waals surface area contributed by atoms with Crippen LogP contribution in [0.15, 0.2) is 18.2 Å². The molecule has 1 amide bonds. The fraction of sp³-hybridized carbons (Fsp3) is 0.500. The second-order valence-electron chi connectivity index (χ2n) is 5.13. The molecule has 0 spiro atoms. The third-order valence-corrected chi connectivity index (χ3v) is 3.45. The lowest BCUT2D eigenvalue weighted by Gasteiger charge is -2.14. The van der Waals surface area contributed by atoms with Crippen molar-refractivity contribution in [1.29, 1.82) is 0 Å². The molecule has 21 heavy (non-hydrogen) atoms. The summed E-state index contributed by atoms with van der Waals surface area (Å²) in [6.07, 6.45) is -3.83. The standard InChI is InChI=1S/C14H16BrF4NO/c1-8(2)5-10(15)7-20-13(21)11-6-9(14(17,18)19)3-4-12(11)16/h3-4,6,8,10H,5,7H2,1-2H3,(H,20,21). The molecule has 7 heteroatoms. The summed E-state index contributed by atoms with van der Waals surface area (Å²) in [5, 5.41) is 2.43. The van der Waals surface area contributed by atoms with Crippen molar-refractivity contribution in [3.8, 4) is 0 Å². The summed E-state index contributed by atoms with van der Waals surface area (Å²) in [7, 11) is 0. The number of halogens is 5. The first kappa shape index (κ1) is 17.9. The Morgan fingerprint density at radius 2 is 1.95 bits per heavy atom. The Bertz CT molecular complexity index is 502. The van der Waals surface area contributed by atoms with E-state index in [0.717, 1.165) is 6.42 Å². The molecule has 118 valence electrons. The number of carbonyl (C=O) groups excluding carboxylic acids is 1. The van der Waals surface area contributed by atoms with Gasteiger partial charge < -0.3 is 5.32 Å². The van der Waals surface area contributed by atoms with Crippen LogP contribution in [0.1, 0.15) is 36.2 Å². The van der Waals surface area contributed by atoms with Crippen molar-refractivity contribution < 1.29 is 22.4 Å². The van der Waals surface area contributed by atoms with Crippen LogP contribution in [0.4, 0.5) is 17.6 Å². The molecule has 1 atom stereocenters. The number of amides is 1. The van der Waals surface area contributed by atoms with Gasteiger partial charge in [-0.25, -0.2) is 4.39 Å². The van der Waals surface area contributed by atoms with Gasteiger partial charge >= 0.3 is 6.18 Å². The van der Waals surface area contributed by atoms with E-state index in [9.17, 15) is 22.4 Å². The second-order valence-corrected chi connectivity index (χ2v) is 6.42. The summed E-state index contributed by atoms with van der Waals surface area (Å²) in [6.45, 7) is 4.22. The maximum atomic E-state index is 13.5. The molecule has 0 aliphatic carbocycles. The van der Waals surface area contributed by atoms with E-state index >= 15 is 0 Å². The lowest BCUT2D eigenvalue weighted by molar-refractivity contribution is -0.137. The summed E-state index contributed by atoms with van der Waals surface area (Å²) >= 11 is 3.36. The van der Waals surface area contributed by atoms with Crippen molar-refractivity contribution in [1.82, 2.24) is 5.32 Å². The van der Waals surface area contributed by atoms with Crippen LogP contribution in [0.3, 0.4) is 0 Å². The zero-order valence-corrected chi connectivity index (χ0v) is 13.2. The van der Waals surface area contributed by atoms with E-state index < -0.39 is 29.0 Å². The minimum absolute atomic E-state index is 0.0182. The summed E-state index contributed by atoms with van der Waals surface area (Å²) in [4.78, 5) is 11.8. The van der Waals surface area contributed by atoms with E-state index in [-0.39, 0.29) is 11.4 Å². The predicted octanol–water partition coefficient (Wildman–Crippen LogP) is 4.38.